The third kappa shape index (κ3) is 3.95. The minimum absolute atomic E-state index is 0.344. The molecule has 0 fully saturated rings. The number of hydrogen-bond donors (Lipinski definition) is 1. The summed E-state index contributed by atoms with van der Waals surface area (Å²) < 4.78 is 39.2. The second kappa shape index (κ2) is 4.16. The maximum atomic E-state index is 11.7. The molecule has 0 aromatic carbocycles. The summed E-state index contributed by atoms with van der Waals surface area (Å²) in [5.41, 5.74) is 4.83. The van der Waals surface area contributed by atoms with Gasteiger partial charge in [-0.1, -0.05) is 13.8 Å². The van der Waals surface area contributed by atoms with Crippen molar-refractivity contribution in [3.63, 3.8) is 0 Å². The highest BCUT2D eigenvalue weighted by molar-refractivity contribution is 5.75. The molecular weight excluding hydrogens is 199 g/mol. The number of rotatable bonds is 3. The Balaban J connectivity index is 4.14. The molecule has 2 N–H and O–H groups in total. The minimum atomic E-state index is -4.94. The number of nitrogens with two attached hydrogens (primary N) is 1. The van der Waals surface area contributed by atoms with Gasteiger partial charge in [0.2, 0.25) is 0 Å². The highest BCUT2D eigenvalue weighted by Crippen LogP contribution is 2.22. The molecular formula is C8H14F3NO2. The van der Waals surface area contributed by atoms with E-state index < -0.39 is 17.6 Å². The Kier molecular flexibility index (Phi) is 3.93. The van der Waals surface area contributed by atoms with E-state index in [9.17, 15) is 18.0 Å². The van der Waals surface area contributed by atoms with E-state index in [0.717, 1.165) is 0 Å². The Hall–Kier alpha value is -0.780. The van der Waals surface area contributed by atoms with Crippen LogP contribution in [0.25, 0.3) is 0 Å². The fourth-order valence-electron chi connectivity index (χ4n) is 0.465. The van der Waals surface area contributed by atoms with Crippen molar-refractivity contribution in [3.8, 4) is 0 Å². The van der Waals surface area contributed by atoms with Gasteiger partial charge in [-0.2, -0.15) is 13.2 Å². The second-order valence-electron chi connectivity index (χ2n) is 3.85. The van der Waals surface area contributed by atoms with E-state index in [1.165, 1.54) is 0 Å². The first kappa shape index (κ1) is 13.2. The van der Waals surface area contributed by atoms with Gasteiger partial charge in [-0.25, -0.2) is 4.79 Å². The van der Waals surface area contributed by atoms with Gasteiger partial charge < -0.3 is 10.5 Å². The van der Waals surface area contributed by atoms with Crippen LogP contribution in [0.4, 0.5) is 13.2 Å². The number of hydrogen-bond acceptors (Lipinski definition) is 3. The van der Waals surface area contributed by atoms with Crippen LogP contribution < -0.4 is 5.73 Å². The smallest absolute Gasteiger partial charge is 0.458 e. The summed E-state index contributed by atoms with van der Waals surface area (Å²) in [7, 11) is 0. The predicted octanol–water partition coefficient (Wildman–Crippen LogP) is 1.47. The molecule has 1 unspecified atom stereocenters. The Morgan fingerprint density at radius 1 is 1.43 bits per heavy atom. The zero-order valence-electron chi connectivity index (χ0n) is 8.31. The molecule has 0 heterocycles. The molecule has 14 heavy (non-hydrogen) atoms. The lowest BCUT2D eigenvalue weighted by atomic mass is 9.87. The van der Waals surface area contributed by atoms with Crippen molar-refractivity contribution in [1.29, 1.82) is 0 Å². The van der Waals surface area contributed by atoms with Gasteiger partial charge in [-0.15, -0.1) is 0 Å². The van der Waals surface area contributed by atoms with Crippen LogP contribution in [0.5, 0.6) is 0 Å². The van der Waals surface area contributed by atoms with Crippen molar-refractivity contribution in [2.45, 2.75) is 33.0 Å². The number of carbonyl (C=O) groups is 1. The maximum Gasteiger partial charge on any atom is 0.490 e. The lowest BCUT2D eigenvalue weighted by Gasteiger charge is -2.28. The van der Waals surface area contributed by atoms with E-state index in [1.54, 1.807) is 20.8 Å². The van der Waals surface area contributed by atoms with Crippen LogP contribution in [0.15, 0.2) is 0 Å². The zero-order valence-corrected chi connectivity index (χ0v) is 8.31. The third-order valence-corrected chi connectivity index (χ3v) is 2.04. The molecule has 3 nitrogen and oxygen atoms in total. The van der Waals surface area contributed by atoms with Gasteiger partial charge in [-0.05, 0) is 6.92 Å². The van der Waals surface area contributed by atoms with Gasteiger partial charge in [0, 0.05) is 11.5 Å². The minimum Gasteiger partial charge on any atom is -0.458 e. The highest BCUT2D eigenvalue weighted by atomic mass is 19.4. The maximum absolute atomic E-state index is 11.7. The third-order valence-electron chi connectivity index (χ3n) is 2.04. The van der Waals surface area contributed by atoms with Crippen LogP contribution in [0.1, 0.15) is 20.8 Å². The Morgan fingerprint density at radius 2 is 1.86 bits per heavy atom. The van der Waals surface area contributed by atoms with Crippen molar-refractivity contribution in [1.82, 2.24) is 0 Å². The number of alkyl halides is 3. The normalized spacial score (nSPS) is 15.1. The predicted molar refractivity (Wildman–Crippen MR) is 44.4 cm³/mol. The highest BCUT2D eigenvalue weighted by Gasteiger charge is 2.42. The second-order valence-corrected chi connectivity index (χ2v) is 3.85. The van der Waals surface area contributed by atoms with E-state index >= 15 is 0 Å². The number of carbonyl (C=O) groups excluding carboxylic acids is 1. The summed E-state index contributed by atoms with van der Waals surface area (Å²) in [6, 6.07) is -0.358. The molecule has 0 aliphatic heterocycles. The van der Waals surface area contributed by atoms with Crippen molar-refractivity contribution in [2.24, 2.45) is 11.1 Å². The summed E-state index contributed by atoms with van der Waals surface area (Å²) in [5, 5.41) is 0. The molecule has 0 spiro atoms. The van der Waals surface area contributed by atoms with Gasteiger partial charge in [-0.3, -0.25) is 0 Å². The Bertz CT molecular complexity index is 211. The van der Waals surface area contributed by atoms with E-state index in [1.807, 2.05) is 0 Å². The molecule has 84 valence electrons. The van der Waals surface area contributed by atoms with Gasteiger partial charge in [0.25, 0.3) is 0 Å². The molecule has 0 aromatic rings. The van der Waals surface area contributed by atoms with Crippen molar-refractivity contribution >= 4 is 5.97 Å². The fraction of sp³-hybridized carbons (Fsp3) is 0.875. The lowest BCUT2D eigenvalue weighted by molar-refractivity contribution is -0.202. The summed E-state index contributed by atoms with van der Waals surface area (Å²) in [6.07, 6.45) is -4.94. The van der Waals surface area contributed by atoms with Crippen molar-refractivity contribution < 1.29 is 22.7 Å². The molecule has 0 bridgehead atoms. The molecule has 0 amide bonds. The molecule has 1 atom stereocenters. The zero-order chi connectivity index (χ0) is 11.6. The Morgan fingerprint density at radius 3 is 2.14 bits per heavy atom. The van der Waals surface area contributed by atoms with Gasteiger partial charge >= 0.3 is 12.1 Å². The molecule has 0 rings (SSSR count). The van der Waals surface area contributed by atoms with Crippen LogP contribution in [-0.4, -0.2) is 24.8 Å². The van der Waals surface area contributed by atoms with Crippen LogP contribution in [-0.2, 0) is 9.53 Å². The fourth-order valence-corrected chi connectivity index (χ4v) is 0.465. The Labute approximate surface area is 80.4 Å². The molecule has 0 aliphatic carbocycles. The van der Waals surface area contributed by atoms with Gasteiger partial charge in [0.05, 0.1) is 6.61 Å². The molecule has 0 aromatic heterocycles. The first-order chi connectivity index (χ1) is 6.07. The van der Waals surface area contributed by atoms with Gasteiger partial charge in [0.1, 0.15) is 0 Å². The van der Waals surface area contributed by atoms with Crippen molar-refractivity contribution in [2.75, 3.05) is 6.61 Å². The average molecular weight is 213 g/mol. The molecule has 0 saturated heterocycles. The monoisotopic (exact) mass is 213 g/mol. The largest absolute Gasteiger partial charge is 0.490 e. The summed E-state index contributed by atoms with van der Waals surface area (Å²) in [5.74, 6) is -2.17. The standard InChI is InChI=1S/C8H14F3NO2/c1-5(12)7(2,3)4-14-6(13)8(9,10)11/h5H,4,12H2,1-3H3. The molecule has 0 radical (unpaired) electrons. The van der Waals surface area contributed by atoms with Crippen LogP contribution in [0, 0.1) is 5.41 Å². The van der Waals surface area contributed by atoms with E-state index in [2.05, 4.69) is 4.74 Å². The SMILES string of the molecule is CC(N)C(C)(C)COC(=O)C(F)(F)F. The summed E-state index contributed by atoms with van der Waals surface area (Å²) in [4.78, 5) is 10.3. The van der Waals surface area contributed by atoms with E-state index in [-0.39, 0.29) is 12.6 Å². The van der Waals surface area contributed by atoms with Gasteiger partial charge in [0.15, 0.2) is 0 Å². The first-order valence-electron chi connectivity index (χ1n) is 4.07. The number of esters is 1. The quantitative estimate of drug-likeness (QED) is 0.722. The topological polar surface area (TPSA) is 52.3 Å². The molecule has 0 aliphatic rings. The summed E-state index contributed by atoms with van der Waals surface area (Å²) in [6.45, 7) is 4.55. The van der Waals surface area contributed by atoms with Crippen LogP contribution >= 0.6 is 0 Å². The number of halogens is 3. The lowest BCUT2D eigenvalue weighted by Crippen LogP contribution is -2.40. The van der Waals surface area contributed by atoms with E-state index in [0.29, 0.717) is 0 Å². The first-order valence-corrected chi connectivity index (χ1v) is 4.07. The van der Waals surface area contributed by atoms with E-state index in [4.69, 9.17) is 5.73 Å². The van der Waals surface area contributed by atoms with Crippen LogP contribution in [0.2, 0.25) is 0 Å². The number of ether oxygens (including phenoxy) is 1. The molecule has 6 heteroatoms. The van der Waals surface area contributed by atoms with Crippen molar-refractivity contribution in [3.05, 3.63) is 0 Å². The summed E-state index contributed by atoms with van der Waals surface area (Å²) >= 11 is 0. The van der Waals surface area contributed by atoms with Crippen LogP contribution in [0.3, 0.4) is 0 Å². The molecule has 0 saturated carbocycles. The average Bonchev–Trinajstić information content (AvgIpc) is 1.98.